The van der Waals surface area contributed by atoms with Crippen molar-refractivity contribution < 1.29 is 9.66 Å². The Morgan fingerprint density at radius 1 is 1.45 bits per heavy atom. The molecule has 3 rings (SSSR count). The average Bonchev–Trinajstić information content (AvgIpc) is 2.88. The minimum absolute atomic E-state index is 0.0432. The van der Waals surface area contributed by atoms with Crippen molar-refractivity contribution in [3.63, 3.8) is 0 Å². The second-order valence-electron chi connectivity index (χ2n) is 4.96. The van der Waals surface area contributed by atoms with Crippen LogP contribution in [-0.2, 0) is 0 Å². The minimum atomic E-state index is -0.424. The number of fused-ring (bicyclic) bond motifs is 1. The average molecular weight is 276 g/mol. The lowest BCUT2D eigenvalue weighted by Crippen LogP contribution is -2.38. The Hall–Kier alpha value is -2.15. The molecule has 1 fully saturated rings. The maximum Gasteiger partial charge on any atom is 0.294 e. The van der Waals surface area contributed by atoms with E-state index in [1.165, 1.54) is 25.0 Å². The Bertz CT molecular complexity index is 619. The monoisotopic (exact) mass is 276 g/mol. The van der Waals surface area contributed by atoms with Crippen LogP contribution >= 0.6 is 0 Å². The fourth-order valence-electron chi connectivity index (χ4n) is 2.40. The van der Waals surface area contributed by atoms with Crippen LogP contribution in [0, 0.1) is 10.1 Å². The van der Waals surface area contributed by atoms with Crippen molar-refractivity contribution in [1.29, 1.82) is 0 Å². The van der Waals surface area contributed by atoms with Gasteiger partial charge in [0.25, 0.3) is 11.7 Å². The third-order valence-electron chi connectivity index (χ3n) is 3.49. The van der Waals surface area contributed by atoms with E-state index < -0.39 is 4.92 Å². The number of ether oxygens (including phenoxy) is 1. The lowest BCUT2D eigenvalue weighted by Gasteiger charge is -2.22. The highest BCUT2D eigenvalue weighted by Crippen LogP contribution is 2.21. The number of imidazole rings is 1. The molecule has 0 bridgehead atoms. The first-order valence-electron chi connectivity index (χ1n) is 6.73. The molecule has 1 aromatic carbocycles. The van der Waals surface area contributed by atoms with Gasteiger partial charge in [-0.15, -0.1) is 0 Å². The summed E-state index contributed by atoms with van der Waals surface area (Å²) < 4.78 is 5.63. The summed E-state index contributed by atoms with van der Waals surface area (Å²) in [6.07, 6.45) is 3.53. The Morgan fingerprint density at radius 3 is 3.10 bits per heavy atom. The molecule has 106 valence electrons. The largest absolute Gasteiger partial charge is 0.463 e. The quantitative estimate of drug-likeness (QED) is 0.658. The van der Waals surface area contributed by atoms with Gasteiger partial charge in [0.05, 0.1) is 16.0 Å². The van der Waals surface area contributed by atoms with Gasteiger partial charge in [-0.3, -0.25) is 10.1 Å². The van der Waals surface area contributed by atoms with Crippen LogP contribution < -0.4 is 10.1 Å². The summed E-state index contributed by atoms with van der Waals surface area (Å²) in [7, 11) is 0. The van der Waals surface area contributed by atoms with Gasteiger partial charge in [-0.05, 0) is 25.5 Å². The third kappa shape index (κ3) is 2.72. The molecule has 7 nitrogen and oxygen atoms in total. The number of rotatable bonds is 4. The molecule has 1 aromatic heterocycles. The van der Waals surface area contributed by atoms with Crippen LogP contribution in [0.3, 0.4) is 0 Å². The standard InChI is InChI=1S/C13H16N4O3/c18-17(19)10-4-5-11-12(7-10)16-13(15-11)20-8-9-3-1-2-6-14-9/h4-5,7,9,14H,1-3,6,8H2,(H,15,16)/t9-/m1/s1. The number of nitrogens with one attached hydrogen (secondary N) is 2. The number of hydrogen-bond acceptors (Lipinski definition) is 5. The summed E-state index contributed by atoms with van der Waals surface area (Å²) in [4.78, 5) is 17.5. The molecule has 2 N–H and O–H groups in total. The number of aromatic amines is 1. The van der Waals surface area contributed by atoms with Gasteiger partial charge in [-0.1, -0.05) is 6.42 Å². The smallest absolute Gasteiger partial charge is 0.294 e. The van der Waals surface area contributed by atoms with E-state index in [1.807, 2.05) is 0 Å². The second kappa shape index (κ2) is 5.46. The van der Waals surface area contributed by atoms with E-state index in [9.17, 15) is 10.1 Å². The highest BCUT2D eigenvalue weighted by Gasteiger charge is 2.15. The molecule has 0 amide bonds. The Morgan fingerprint density at radius 2 is 2.35 bits per heavy atom. The van der Waals surface area contributed by atoms with Gasteiger partial charge in [0, 0.05) is 18.2 Å². The zero-order valence-electron chi connectivity index (χ0n) is 11.0. The van der Waals surface area contributed by atoms with E-state index in [0.29, 0.717) is 29.7 Å². The van der Waals surface area contributed by atoms with Crippen LogP contribution in [0.1, 0.15) is 19.3 Å². The SMILES string of the molecule is O=[N+]([O-])c1ccc2nc(OC[C@H]3CCCCN3)[nH]c2c1. The number of H-pyrrole nitrogens is 1. The third-order valence-corrected chi connectivity index (χ3v) is 3.49. The second-order valence-corrected chi connectivity index (χ2v) is 4.96. The van der Waals surface area contributed by atoms with Crippen molar-refractivity contribution in [2.24, 2.45) is 0 Å². The van der Waals surface area contributed by atoms with E-state index >= 15 is 0 Å². The molecule has 2 aromatic rings. The van der Waals surface area contributed by atoms with Gasteiger partial charge in [-0.25, -0.2) is 0 Å². The Balaban J connectivity index is 1.70. The Kier molecular flexibility index (Phi) is 3.51. The van der Waals surface area contributed by atoms with E-state index in [-0.39, 0.29) is 5.69 Å². The summed E-state index contributed by atoms with van der Waals surface area (Å²) in [5.41, 5.74) is 1.33. The summed E-state index contributed by atoms with van der Waals surface area (Å²) >= 11 is 0. The number of piperidine rings is 1. The molecule has 2 heterocycles. The number of nitro benzene ring substituents is 1. The molecule has 20 heavy (non-hydrogen) atoms. The van der Waals surface area contributed by atoms with Crippen molar-refractivity contribution >= 4 is 16.7 Å². The van der Waals surface area contributed by atoms with Gasteiger partial charge in [0.2, 0.25) is 0 Å². The van der Waals surface area contributed by atoms with Crippen molar-refractivity contribution in [3.05, 3.63) is 28.3 Å². The minimum Gasteiger partial charge on any atom is -0.463 e. The highest BCUT2D eigenvalue weighted by molar-refractivity contribution is 5.78. The number of nitrogens with zero attached hydrogens (tertiary/aromatic N) is 2. The predicted octanol–water partition coefficient (Wildman–Crippen LogP) is 1.99. The van der Waals surface area contributed by atoms with Gasteiger partial charge in [-0.2, -0.15) is 4.98 Å². The van der Waals surface area contributed by atoms with Gasteiger partial charge in [0.15, 0.2) is 0 Å². The van der Waals surface area contributed by atoms with Gasteiger partial charge in [0.1, 0.15) is 6.61 Å². The molecule has 0 unspecified atom stereocenters. The predicted molar refractivity (Wildman–Crippen MR) is 73.9 cm³/mol. The van der Waals surface area contributed by atoms with Crippen LogP contribution in [0.2, 0.25) is 0 Å². The first-order chi connectivity index (χ1) is 9.72. The molecule has 0 spiro atoms. The summed E-state index contributed by atoms with van der Waals surface area (Å²) in [5.74, 6) is 0. The summed E-state index contributed by atoms with van der Waals surface area (Å²) in [6.45, 7) is 1.59. The van der Waals surface area contributed by atoms with Crippen LogP contribution in [-0.4, -0.2) is 34.1 Å². The van der Waals surface area contributed by atoms with Crippen LogP contribution in [0.15, 0.2) is 18.2 Å². The molecule has 1 atom stereocenters. The van der Waals surface area contributed by atoms with Crippen molar-refractivity contribution in [2.45, 2.75) is 25.3 Å². The number of benzene rings is 1. The molecule has 7 heteroatoms. The number of aromatic nitrogens is 2. The van der Waals surface area contributed by atoms with Crippen LogP contribution in [0.5, 0.6) is 6.01 Å². The van der Waals surface area contributed by atoms with Crippen LogP contribution in [0.25, 0.3) is 11.0 Å². The molecule has 1 aliphatic rings. The number of non-ortho nitro benzene ring substituents is 1. The van der Waals surface area contributed by atoms with Crippen molar-refractivity contribution in [3.8, 4) is 6.01 Å². The maximum absolute atomic E-state index is 10.7. The van der Waals surface area contributed by atoms with E-state index in [0.717, 1.165) is 13.0 Å². The van der Waals surface area contributed by atoms with Gasteiger partial charge < -0.3 is 15.0 Å². The van der Waals surface area contributed by atoms with Gasteiger partial charge >= 0.3 is 0 Å². The van der Waals surface area contributed by atoms with Crippen LogP contribution in [0.4, 0.5) is 5.69 Å². The van der Waals surface area contributed by atoms with Crippen molar-refractivity contribution in [2.75, 3.05) is 13.2 Å². The maximum atomic E-state index is 10.7. The zero-order chi connectivity index (χ0) is 13.9. The molecule has 0 radical (unpaired) electrons. The lowest BCUT2D eigenvalue weighted by atomic mass is 10.1. The summed E-state index contributed by atoms with van der Waals surface area (Å²) in [6, 6.07) is 5.29. The lowest BCUT2D eigenvalue weighted by molar-refractivity contribution is -0.384. The highest BCUT2D eigenvalue weighted by atomic mass is 16.6. The molecule has 1 aliphatic heterocycles. The molecule has 0 aliphatic carbocycles. The zero-order valence-corrected chi connectivity index (χ0v) is 11.0. The van der Waals surface area contributed by atoms with E-state index in [4.69, 9.17) is 4.74 Å². The first-order valence-corrected chi connectivity index (χ1v) is 6.73. The molecular formula is C13H16N4O3. The van der Waals surface area contributed by atoms with E-state index in [1.54, 1.807) is 6.07 Å². The topological polar surface area (TPSA) is 93.1 Å². The molecule has 1 saturated heterocycles. The first kappa shape index (κ1) is 12.9. The normalized spacial score (nSPS) is 19.1. The fraction of sp³-hybridized carbons (Fsp3) is 0.462. The van der Waals surface area contributed by atoms with E-state index in [2.05, 4.69) is 15.3 Å². The fourth-order valence-corrected chi connectivity index (χ4v) is 2.40. The number of nitro groups is 1. The Labute approximate surface area is 115 Å². The van der Waals surface area contributed by atoms with Crippen molar-refractivity contribution in [1.82, 2.24) is 15.3 Å². The number of hydrogen-bond donors (Lipinski definition) is 2. The molecular weight excluding hydrogens is 260 g/mol. The summed E-state index contributed by atoms with van der Waals surface area (Å²) in [5, 5.41) is 14.1. The molecule has 0 saturated carbocycles.